The van der Waals surface area contributed by atoms with E-state index in [0.29, 0.717) is 13.2 Å². The summed E-state index contributed by atoms with van der Waals surface area (Å²) in [7, 11) is 0. The molecule has 0 amide bonds. The van der Waals surface area contributed by atoms with Crippen LogP contribution in [0.1, 0.15) is 37.6 Å². The minimum Gasteiger partial charge on any atom is -0.379 e. The molecule has 4 heteroatoms. The van der Waals surface area contributed by atoms with E-state index in [1.807, 2.05) is 37.7 Å². The Labute approximate surface area is 132 Å². The second-order valence-corrected chi connectivity index (χ2v) is 7.03. The van der Waals surface area contributed by atoms with Crippen molar-refractivity contribution in [2.45, 2.75) is 37.6 Å². The van der Waals surface area contributed by atoms with Gasteiger partial charge in [-0.2, -0.15) is 0 Å². The molecule has 1 aliphatic rings. The van der Waals surface area contributed by atoms with E-state index in [1.165, 1.54) is 4.90 Å². The largest absolute Gasteiger partial charge is 0.379 e. The van der Waals surface area contributed by atoms with Crippen molar-refractivity contribution in [1.82, 2.24) is 4.90 Å². The number of carbonyl (C=O) groups is 1. The quantitative estimate of drug-likeness (QED) is 0.594. The molecule has 0 N–H and O–H groups in total. The van der Waals surface area contributed by atoms with E-state index in [9.17, 15) is 4.79 Å². The third-order valence-electron chi connectivity index (χ3n) is 3.95. The van der Waals surface area contributed by atoms with Gasteiger partial charge in [0.2, 0.25) is 0 Å². The Morgan fingerprint density at radius 3 is 2.43 bits per heavy atom. The summed E-state index contributed by atoms with van der Waals surface area (Å²) in [6.07, 6.45) is 1.16. The van der Waals surface area contributed by atoms with Crippen LogP contribution in [0.4, 0.5) is 0 Å². The van der Waals surface area contributed by atoms with E-state index in [-0.39, 0.29) is 5.78 Å². The molecule has 0 aliphatic carbocycles. The Bertz CT molecular complexity index is 464. The number of ether oxygens (including phenoxy) is 1. The first-order chi connectivity index (χ1) is 10.1. The molecule has 0 unspecified atom stereocenters. The number of thioether (sulfide) groups is 1. The fraction of sp³-hybridized carbons (Fsp3) is 0.588. The average Bonchev–Trinajstić information content (AvgIpc) is 2.53. The van der Waals surface area contributed by atoms with Gasteiger partial charge in [-0.15, -0.1) is 11.8 Å². The highest BCUT2D eigenvalue weighted by molar-refractivity contribution is 7.99. The Kier molecular flexibility index (Phi) is 5.85. The summed E-state index contributed by atoms with van der Waals surface area (Å²) >= 11 is 1.84. The van der Waals surface area contributed by atoms with Crippen LogP contribution in [0.15, 0.2) is 29.2 Å². The summed E-state index contributed by atoms with van der Waals surface area (Å²) in [4.78, 5) is 16.3. The molecule has 0 aromatic heterocycles. The summed E-state index contributed by atoms with van der Waals surface area (Å²) in [6.45, 7) is 9.27. The lowest BCUT2D eigenvalue weighted by Gasteiger charge is -2.39. The van der Waals surface area contributed by atoms with Crippen molar-refractivity contribution in [1.29, 1.82) is 0 Å². The van der Waals surface area contributed by atoms with Crippen molar-refractivity contribution in [3.8, 4) is 0 Å². The molecule has 2 rings (SSSR count). The van der Waals surface area contributed by atoms with Crippen LogP contribution in [0.2, 0.25) is 0 Å². The lowest BCUT2D eigenvalue weighted by atomic mass is 9.91. The number of rotatable bonds is 6. The van der Waals surface area contributed by atoms with E-state index in [0.717, 1.165) is 30.8 Å². The monoisotopic (exact) mass is 307 g/mol. The van der Waals surface area contributed by atoms with E-state index in [2.05, 4.69) is 24.0 Å². The van der Waals surface area contributed by atoms with E-state index in [1.54, 1.807) is 0 Å². The Balaban J connectivity index is 2.07. The zero-order valence-electron chi connectivity index (χ0n) is 13.2. The topological polar surface area (TPSA) is 29.5 Å². The first-order valence-corrected chi connectivity index (χ1v) is 8.64. The van der Waals surface area contributed by atoms with E-state index in [4.69, 9.17) is 4.74 Å². The maximum Gasteiger partial charge on any atom is 0.182 e. The Hall–Kier alpha value is -0.840. The van der Waals surface area contributed by atoms with Gasteiger partial charge in [0, 0.05) is 23.5 Å². The Morgan fingerprint density at radius 1 is 1.24 bits per heavy atom. The minimum atomic E-state index is -0.470. The second-order valence-electron chi connectivity index (χ2n) is 5.86. The maximum absolute atomic E-state index is 12.8. The number of hydrogen-bond acceptors (Lipinski definition) is 4. The first kappa shape index (κ1) is 16.5. The molecule has 0 bridgehead atoms. The fourth-order valence-corrected chi connectivity index (χ4v) is 3.31. The van der Waals surface area contributed by atoms with Crippen molar-refractivity contribution in [2.75, 3.05) is 32.1 Å². The van der Waals surface area contributed by atoms with Crippen LogP contribution in [0.3, 0.4) is 0 Å². The molecule has 116 valence electrons. The lowest BCUT2D eigenvalue weighted by molar-refractivity contribution is -0.00430. The molecule has 0 saturated carbocycles. The molecule has 0 spiro atoms. The highest BCUT2D eigenvalue weighted by Gasteiger charge is 2.35. The minimum absolute atomic E-state index is 0.191. The molecule has 1 aliphatic heterocycles. The van der Waals surface area contributed by atoms with Gasteiger partial charge in [0.1, 0.15) is 0 Å². The van der Waals surface area contributed by atoms with Gasteiger partial charge < -0.3 is 4.74 Å². The SMILES string of the molecule is CCCSc1ccc(C(=O)C(C)(C)N2CCOCC2)cc1. The highest BCUT2D eigenvalue weighted by atomic mass is 32.2. The number of benzene rings is 1. The number of hydrogen-bond donors (Lipinski definition) is 0. The smallest absolute Gasteiger partial charge is 0.182 e. The third-order valence-corrected chi connectivity index (χ3v) is 5.16. The summed E-state index contributed by atoms with van der Waals surface area (Å²) in [5.41, 5.74) is 0.328. The molecule has 1 fully saturated rings. The fourth-order valence-electron chi connectivity index (χ4n) is 2.54. The molecule has 1 heterocycles. The van der Waals surface area contributed by atoms with Crippen LogP contribution in [0.25, 0.3) is 0 Å². The van der Waals surface area contributed by atoms with Crippen LogP contribution >= 0.6 is 11.8 Å². The molecule has 3 nitrogen and oxygen atoms in total. The molecule has 1 aromatic carbocycles. The van der Waals surface area contributed by atoms with Crippen LogP contribution in [0, 0.1) is 0 Å². The number of carbonyl (C=O) groups excluding carboxylic acids is 1. The molecule has 1 saturated heterocycles. The van der Waals surface area contributed by atoms with Crippen molar-refractivity contribution >= 4 is 17.5 Å². The van der Waals surface area contributed by atoms with Crippen LogP contribution < -0.4 is 0 Å². The van der Waals surface area contributed by atoms with E-state index >= 15 is 0 Å². The van der Waals surface area contributed by atoms with Crippen LogP contribution in [-0.4, -0.2) is 48.3 Å². The molecule has 1 aromatic rings. The number of nitrogens with zero attached hydrogens (tertiary/aromatic N) is 1. The number of Topliss-reactive ketones (excluding diaryl/α,β-unsaturated/α-hetero) is 1. The number of ketones is 1. The van der Waals surface area contributed by atoms with Crippen molar-refractivity contribution in [2.24, 2.45) is 0 Å². The highest BCUT2D eigenvalue weighted by Crippen LogP contribution is 2.24. The molecule has 21 heavy (non-hydrogen) atoms. The maximum atomic E-state index is 12.8. The summed E-state index contributed by atoms with van der Waals surface area (Å²) in [5, 5.41) is 0. The van der Waals surface area contributed by atoms with Crippen molar-refractivity contribution in [3.05, 3.63) is 29.8 Å². The summed E-state index contributed by atoms with van der Waals surface area (Å²) in [5.74, 6) is 1.31. The second kappa shape index (κ2) is 7.43. The molecule has 0 radical (unpaired) electrons. The van der Waals surface area contributed by atoms with Crippen molar-refractivity contribution in [3.63, 3.8) is 0 Å². The van der Waals surface area contributed by atoms with Crippen LogP contribution in [-0.2, 0) is 4.74 Å². The lowest BCUT2D eigenvalue weighted by Crippen LogP contribution is -2.54. The normalized spacial score (nSPS) is 16.9. The van der Waals surface area contributed by atoms with Gasteiger partial charge in [0.15, 0.2) is 5.78 Å². The van der Waals surface area contributed by atoms with Gasteiger partial charge in [0.25, 0.3) is 0 Å². The zero-order chi connectivity index (χ0) is 15.3. The van der Waals surface area contributed by atoms with E-state index < -0.39 is 5.54 Å². The van der Waals surface area contributed by atoms with Crippen molar-refractivity contribution < 1.29 is 9.53 Å². The van der Waals surface area contributed by atoms with Gasteiger partial charge in [-0.1, -0.05) is 19.1 Å². The standard InChI is InChI=1S/C17H25NO2S/c1-4-13-21-15-7-5-14(6-8-15)16(19)17(2,3)18-9-11-20-12-10-18/h5-8H,4,9-13H2,1-3H3. The van der Waals surface area contributed by atoms with Gasteiger partial charge in [-0.05, 0) is 38.2 Å². The van der Waals surface area contributed by atoms with Gasteiger partial charge in [-0.3, -0.25) is 9.69 Å². The average molecular weight is 307 g/mol. The van der Waals surface area contributed by atoms with Gasteiger partial charge in [0.05, 0.1) is 18.8 Å². The predicted molar refractivity (Wildman–Crippen MR) is 88.3 cm³/mol. The molecular weight excluding hydrogens is 282 g/mol. The predicted octanol–water partition coefficient (Wildman–Crippen LogP) is 3.48. The summed E-state index contributed by atoms with van der Waals surface area (Å²) in [6, 6.07) is 8.04. The number of morpholine rings is 1. The third kappa shape index (κ3) is 4.09. The van der Waals surface area contributed by atoms with Crippen LogP contribution in [0.5, 0.6) is 0 Å². The van der Waals surface area contributed by atoms with Gasteiger partial charge >= 0.3 is 0 Å². The first-order valence-electron chi connectivity index (χ1n) is 7.66. The molecular formula is C17H25NO2S. The zero-order valence-corrected chi connectivity index (χ0v) is 14.0. The van der Waals surface area contributed by atoms with Gasteiger partial charge in [-0.25, -0.2) is 0 Å². The molecule has 0 atom stereocenters. The Morgan fingerprint density at radius 2 is 1.86 bits per heavy atom. The summed E-state index contributed by atoms with van der Waals surface area (Å²) < 4.78 is 5.38.